The molecule has 0 unspecified atom stereocenters. The van der Waals surface area contributed by atoms with Gasteiger partial charge in [0.15, 0.2) is 0 Å². The predicted molar refractivity (Wildman–Crippen MR) is 53.1 cm³/mol. The normalized spacial score (nSPS) is 10.7. The molecular weight excluding hydrogens is 232 g/mol. The van der Waals surface area contributed by atoms with Gasteiger partial charge in [-0.1, -0.05) is 6.07 Å². The van der Waals surface area contributed by atoms with Crippen molar-refractivity contribution in [1.82, 2.24) is 4.98 Å². The quantitative estimate of drug-likeness (QED) is 0.453. The smallest absolute Gasteiger partial charge is 0.235 e. The van der Waals surface area contributed by atoms with E-state index in [0.29, 0.717) is 4.60 Å². The lowest BCUT2D eigenvalue weighted by Crippen LogP contribution is -2.14. The van der Waals surface area contributed by atoms with Crippen molar-refractivity contribution in [3.8, 4) is 0 Å². The lowest BCUT2D eigenvalue weighted by Gasteiger charge is -2.18. The third kappa shape index (κ3) is 2.23. The van der Waals surface area contributed by atoms with Gasteiger partial charge < -0.3 is 0 Å². The minimum Gasteiger partial charge on any atom is -0.249 e. The third-order valence-corrected chi connectivity index (χ3v) is 2.38. The maximum Gasteiger partial charge on any atom is 0.235 e. The van der Waals surface area contributed by atoms with Crippen molar-refractivity contribution in [3.63, 3.8) is 0 Å². The number of rotatable bonds is 2. The molecule has 0 aliphatic rings. The first-order valence-corrected chi connectivity index (χ1v) is 4.57. The predicted octanol–water partition coefficient (Wildman–Crippen LogP) is 2.42. The van der Waals surface area contributed by atoms with E-state index in [2.05, 4.69) is 25.9 Å². The van der Waals surface area contributed by atoms with E-state index in [4.69, 9.17) is 0 Å². The van der Waals surface area contributed by atoms with E-state index in [-0.39, 0.29) is 0 Å². The second-order valence-electron chi connectivity index (χ2n) is 3.10. The summed E-state index contributed by atoms with van der Waals surface area (Å²) in [6, 6.07) is 3.68. The highest BCUT2D eigenvalue weighted by Crippen LogP contribution is 2.28. The molecule has 4 heteroatoms. The van der Waals surface area contributed by atoms with Gasteiger partial charge in [0.05, 0.1) is 5.54 Å². The number of pyridine rings is 1. The van der Waals surface area contributed by atoms with Gasteiger partial charge in [0.1, 0.15) is 4.60 Å². The molecule has 3 nitrogen and oxygen atoms in total. The Bertz CT molecular complexity index is 356. The average molecular weight is 241 g/mol. The summed E-state index contributed by atoms with van der Waals surface area (Å²) in [5, 5.41) is 0. The van der Waals surface area contributed by atoms with E-state index in [1.807, 2.05) is 26.0 Å². The Morgan fingerprint density at radius 3 is 2.85 bits per heavy atom. The zero-order valence-electron chi connectivity index (χ0n) is 7.41. The summed E-state index contributed by atoms with van der Waals surface area (Å²) < 4.78 is 0.707. The van der Waals surface area contributed by atoms with Gasteiger partial charge in [0.2, 0.25) is 6.08 Å². The molecule has 0 saturated carbocycles. The number of hydrogen-bond donors (Lipinski definition) is 0. The molecule has 0 aliphatic heterocycles. The lowest BCUT2D eigenvalue weighted by molar-refractivity contribution is 0.520. The lowest BCUT2D eigenvalue weighted by atomic mass is 9.97. The molecule has 0 aliphatic carbocycles. The van der Waals surface area contributed by atoms with E-state index in [1.165, 1.54) is 0 Å². The number of carbonyl (C=O) groups excluding carboxylic acids is 1. The van der Waals surface area contributed by atoms with Crippen LogP contribution < -0.4 is 0 Å². The van der Waals surface area contributed by atoms with Crippen LogP contribution in [-0.4, -0.2) is 11.1 Å². The van der Waals surface area contributed by atoms with E-state index in [0.717, 1.165) is 5.56 Å². The first-order chi connectivity index (χ1) is 6.08. The van der Waals surface area contributed by atoms with Crippen LogP contribution in [0.5, 0.6) is 0 Å². The van der Waals surface area contributed by atoms with E-state index in [1.54, 1.807) is 12.3 Å². The minimum absolute atomic E-state index is 0.575. The van der Waals surface area contributed by atoms with Crippen LogP contribution in [-0.2, 0) is 10.3 Å². The summed E-state index contributed by atoms with van der Waals surface area (Å²) in [5.41, 5.74) is 0.299. The topological polar surface area (TPSA) is 42.3 Å². The molecule has 68 valence electrons. The van der Waals surface area contributed by atoms with E-state index in [9.17, 15) is 4.79 Å². The zero-order valence-corrected chi connectivity index (χ0v) is 9.00. The number of aromatic nitrogens is 1. The SMILES string of the molecule is CC(C)(N=C=O)c1cccnc1Br. The van der Waals surface area contributed by atoms with Gasteiger partial charge in [-0.25, -0.2) is 9.78 Å². The maximum atomic E-state index is 10.2. The van der Waals surface area contributed by atoms with Crippen LogP contribution in [0.15, 0.2) is 27.9 Å². The van der Waals surface area contributed by atoms with Crippen molar-refractivity contribution in [1.29, 1.82) is 0 Å². The van der Waals surface area contributed by atoms with Crippen molar-refractivity contribution >= 4 is 22.0 Å². The molecule has 0 saturated heterocycles. The highest BCUT2D eigenvalue weighted by Gasteiger charge is 2.22. The number of hydrogen-bond acceptors (Lipinski definition) is 3. The Morgan fingerprint density at radius 1 is 1.62 bits per heavy atom. The first-order valence-electron chi connectivity index (χ1n) is 3.78. The highest BCUT2D eigenvalue weighted by molar-refractivity contribution is 9.10. The fourth-order valence-corrected chi connectivity index (χ4v) is 1.75. The van der Waals surface area contributed by atoms with Crippen LogP contribution in [0.2, 0.25) is 0 Å². The van der Waals surface area contributed by atoms with Crippen molar-refractivity contribution < 1.29 is 4.79 Å². The summed E-state index contributed by atoms with van der Waals surface area (Å²) in [6.07, 6.45) is 3.23. The van der Waals surface area contributed by atoms with Crippen LogP contribution in [0.3, 0.4) is 0 Å². The van der Waals surface area contributed by atoms with Gasteiger partial charge in [0, 0.05) is 11.8 Å². The van der Waals surface area contributed by atoms with Crippen LogP contribution in [0, 0.1) is 0 Å². The van der Waals surface area contributed by atoms with Crippen LogP contribution in [0.4, 0.5) is 0 Å². The number of halogens is 1. The van der Waals surface area contributed by atoms with Gasteiger partial charge in [0.25, 0.3) is 0 Å². The van der Waals surface area contributed by atoms with Crippen molar-refractivity contribution in [2.24, 2.45) is 4.99 Å². The third-order valence-electron chi connectivity index (χ3n) is 1.74. The van der Waals surface area contributed by atoms with Gasteiger partial charge in [-0.2, -0.15) is 4.99 Å². The number of nitrogens with zero attached hydrogens (tertiary/aromatic N) is 2. The summed E-state index contributed by atoms with van der Waals surface area (Å²) >= 11 is 3.30. The maximum absolute atomic E-state index is 10.2. The molecule has 0 fully saturated rings. The molecule has 0 N–H and O–H groups in total. The molecule has 0 spiro atoms. The number of aliphatic imine (C=N–C) groups is 1. The van der Waals surface area contributed by atoms with Gasteiger partial charge in [-0.15, -0.1) is 0 Å². The Morgan fingerprint density at radius 2 is 2.31 bits per heavy atom. The minimum atomic E-state index is -0.575. The Kier molecular flexibility index (Phi) is 2.96. The second-order valence-corrected chi connectivity index (χ2v) is 3.86. The molecule has 1 aromatic rings. The summed E-state index contributed by atoms with van der Waals surface area (Å²) in [4.78, 5) is 17.9. The largest absolute Gasteiger partial charge is 0.249 e. The summed E-state index contributed by atoms with van der Waals surface area (Å²) in [6.45, 7) is 3.67. The standard InChI is InChI=1S/C9H9BrN2O/c1-9(2,12-6-13)7-4-3-5-11-8(7)10/h3-5H,1-2H3. The first kappa shape index (κ1) is 10.1. The molecule has 0 atom stereocenters. The van der Waals surface area contributed by atoms with Crippen molar-refractivity contribution in [2.45, 2.75) is 19.4 Å². The van der Waals surface area contributed by atoms with Crippen LogP contribution in [0.1, 0.15) is 19.4 Å². The van der Waals surface area contributed by atoms with Crippen LogP contribution in [0.25, 0.3) is 0 Å². The monoisotopic (exact) mass is 240 g/mol. The summed E-state index contributed by atoms with van der Waals surface area (Å²) in [7, 11) is 0. The molecule has 0 aromatic carbocycles. The fraction of sp³-hybridized carbons (Fsp3) is 0.333. The molecule has 13 heavy (non-hydrogen) atoms. The summed E-state index contributed by atoms with van der Waals surface area (Å²) in [5.74, 6) is 0. The second kappa shape index (κ2) is 3.81. The molecule has 1 rings (SSSR count). The van der Waals surface area contributed by atoms with Crippen molar-refractivity contribution in [3.05, 3.63) is 28.5 Å². The highest BCUT2D eigenvalue weighted by atomic mass is 79.9. The Labute approximate surface area is 85.0 Å². The van der Waals surface area contributed by atoms with Gasteiger partial charge >= 0.3 is 0 Å². The van der Waals surface area contributed by atoms with Gasteiger partial charge in [-0.3, -0.25) is 0 Å². The zero-order chi connectivity index (χ0) is 9.90. The van der Waals surface area contributed by atoms with E-state index >= 15 is 0 Å². The molecule has 0 radical (unpaired) electrons. The van der Waals surface area contributed by atoms with Crippen LogP contribution >= 0.6 is 15.9 Å². The molecular formula is C9H9BrN2O. The van der Waals surface area contributed by atoms with Gasteiger partial charge in [-0.05, 0) is 35.8 Å². The number of isocyanates is 1. The molecule has 0 bridgehead atoms. The molecule has 1 aromatic heterocycles. The average Bonchev–Trinajstić information content (AvgIpc) is 2.04. The van der Waals surface area contributed by atoms with Crippen molar-refractivity contribution in [2.75, 3.05) is 0 Å². The Balaban J connectivity index is 3.21. The Hall–Kier alpha value is -0.990. The fourth-order valence-electron chi connectivity index (χ4n) is 1.02. The molecule has 0 amide bonds. The van der Waals surface area contributed by atoms with E-state index < -0.39 is 5.54 Å². The molecule has 1 heterocycles.